The lowest BCUT2D eigenvalue weighted by molar-refractivity contribution is -0.131. The van der Waals surface area contributed by atoms with Crippen molar-refractivity contribution in [3.05, 3.63) is 47.0 Å². The van der Waals surface area contributed by atoms with Crippen LogP contribution in [0, 0.1) is 0 Å². The number of aliphatic carboxylic acids is 1. The Morgan fingerprint density at radius 2 is 1.69 bits per heavy atom. The van der Waals surface area contributed by atoms with Crippen LogP contribution in [0.1, 0.15) is 10.4 Å². The Hall–Kier alpha value is -1.87. The molecule has 0 bridgehead atoms. The number of ketones is 1. The summed E-state index contributed by atoms with van der Waals surface area (Å²) in [5.74, 6) is -2.37. The third kappa shape index (κ3) is 1.90. The van der Waals surface area contributed by atoms with Crippen LogP contribution in [0.5, 0.6) is 0 Å². The molecule has 0 radical (unpaired) electrons. The molecule has 0 aliphatic carbocycles. The van der Waals surface area contributed by atoms with Crippen molar-refractivity contribution >= 4 is 34.1 Å². The minimum Gasteiger partial charge on any atom is -0.475 e. The summed E-state index contributed by atoms with van der Waals surface area (Å²) in [5, 5.41) is 10.8. The van der Waals surface area contributed by atoms with Gasteiger partial charge in [-0.1, -0.05) is 29.8 Å². The number of halogens is 1. The second-order valence-electron chi connectivity index (χ2n) is 3.34. The number of rotatable bonds is 2. The minimum atomic E-state index is -1.46. The van der Waals surface area contributed by atoms with Crippen LogP contribution in [0.25, 0.3) is 10.8 Å². The van der Waals surface area contributed by atoms with E-state index in [-0.39, 0.29) is 5.56 Å². The molecular weight excluding hydrogens is 228 g/mol. The van der Waals surface area contributed by atoms with Gasteiger partial charge in [0.15, 0.2) is 0 Å². The third-order valence-corrected chi connectivity index (χ3v) is 2.49. The molecule has 0 amide bonds. The van der Waals surface area contributed by atoms with Crippen LogP contribution >= 0.6 is 11.6 Å². The quantitative estimate of drug-likeness (QED) is 0.642. The average molecular weight is 235 g/mol. The highest BCUT2D eigenvalue weighted by molar-refractivity contribution is 6.40. The molecule has 0 saturated carbocycles. The fraction of sp³-hybridized carbons (Fsp3) is 0. The molecule has 2 aromatic rings. The van der Waals surface area contributed by atoms with Gasteiger partial charge >= 0.3 is 5.97 Å². The van der Waals surface area contributed by atoms with E-state index in [0.717, 1.165) is 10.8 Å². The van der Waals surface area contributed by atoms with E-state index in [1.54, 1.807) is 18.2 Å². The van der Waals surface area contributed by atoms with Crippen LogP contribution < -0.4 is 0 Å². The normalized spacial score (nSPS) is 10.3. The first-order valence-corrected chi connectivity index (χ1v) is 4.92. The van der Waals surface area contributed by atoms with Crippen molar-refractivity contribution in [1.82, 2.24) is 0 Å². The van der Waals surface area contributed by atoms with Gasteiger partial charge in [-0.15, -0.1) is 0 Å². The first kappa shape index (κ1) is 10.6. The average Bonchev–Trinajstić information content (AvgIpc) is 2.26. The number of benzene rings is 2. The van der Waals surface area contributed by atoms with Gasteiger partial charge in [-0.05, 0) is 29.0 Å². The number of fused-ring (bicyclic) bond motifs is 1. The number of hydrogen-bond donors (Lipinski definition) is 1. The van der Waals surface area contributed by atoms with Crippen LogP contribution in [0.2, 0.25) is 5.02 Å². The first-order valence-electron chi connectivity index (χ1n) is 4.55. The Morgan fingerprint density at radius 1 is 1.00 bits per heavy atom. The molecule has 0 unspecified atom stereocenters. The molecule has 3 nitrogen and oxygen atoms in total. The zero-order valence-electron chi connectivity index (χ0n) is 8.11. The van der Waals surface area contributed by atoms with E-state index in [2.05, 4.69) is 0 Å². The standard InChI is InChI=1S/C12H7ClO3/c13-10-4-3-7-1-2-8(5-9(7)6-10)11(14)12(15)16/h1-6H,(H,15,16). The Balaban J connectivity index is 2.59. The van der Waals surface area contributed by atoms with E-state index in [1.807, 2.05) is 6.07 Å². The second kappa shape index (κ2) is 3.94. The number of carbonyl (C=O) groups excluding carboxylic acids is 1. The predicted molar refractivity (Wildman–Crippen MR) is 60.9 cm³/mol. The Morgan fingerprint density at radius 3 is 2.38 bits per heavy atom. The molecule has 0 saturated heterocycles. The molecule has 0 heterocycles. The van der Waals surface area contributed by atoms with E-state index in [9.17, 15) is 9.59 Å². The molecule has 4 heteroatoms. The van der Waals surface area contributed by atoms with Crippen molar-refractivity contribution in [2.24, 2.45) is 0 Å². The van der Waals surface area contributed by atoms with Crippen molar-refractivity contribution in [3.8, 4) is 0 Å². The third-order valence-electron chi connectivity index (χ3n) is 2.26. The summed E-state index contributed by atoms with van der Waals surface area (Å²) >= 11 is 5.81. The monoisotopic (exact) mass is 234 g/mol. The molecule has 80 valence electrons. The van der Waals surface area contributed by atoms with Gasteiger partial charge in [0.05, 0.1) is 0 Å². The predicted octanol–water partition coefficient (Wildman–Crippen LogP) is 2.76. The maximum absolute atomic E-state index is 11.2. The number of carboxylic acids is 1. The smallest absolute Gasteiger partial charge is 0.377 e. The SMILES string of the molecule is O=C(O)C(=O)c1ccc2ccc(Cl)cc2c1. The summed E-state index contributed by atoms with van der Waals surface area (Å²) in [7, 11) is 0. The highest BCUT2D eigenvalue weighted by atomic mass is 35.5. The molecule has 2 aromatic carbocycles. The molecule has 2 rings (SSSR count). The maximum atomic E-state index is 11.2. The first-order chi connectivity index (χ1) is 7.58. The van der Waals surface area contributed by atoms with Gasteiger partial charge in [0.1, 0.15) is 0 Å². The van der Waals surface area contributed by atoms with Crippen molar-refractivity contribution < 1.29 is 14.7 Å². The molecule has 0 aliphatic heterocycles. The molecule has 0 spiro atoms. The lowest BCUT2D eigenvalue weighted by Crippen LogP contribution is -2.12. The molecule has 0 aliphatic rings. The van der Waals surface area contributed by atoms with Crippen LogP contribution in [0.4, 0.5) is 0 Å². The van der Waals surface area contributed by atoms with E-state index < -0.39 is 11.8 Å². The summed E-state index contributed by atoms with van der Waals surface area (Å²) in [6, 6.07) is 9.96. The van der Waals surface area contributed by atoms with Gasteiger partial charge < -0.3 is 5.11 Å². The highest BCUT2D eigenvalue weighted by Gasteiger charge is 2.14. The van der Waals surface area contributed by atoms with Crippen LogP contribution in [-0.2, 0) is 4.79 Å². The van der Waals surface area contributed by atoms with Gasteiger partial charge in [-0.2, -0.15) is 0 Å². The van der Waals surface area contributed by atoms with Gasteiger partial charge in [-0.3, -0.25) is 4.79 Å². The van der Waals surface area contributed by atoms with Gasteiger partial charge in [0.2, 0.25) is 0 Å². The number of hydrogen-bond acceptors (Lipinski definition) is 2. The van der Waals surface area contributed by atoms with Crippen LogP contribution in [0.15, 0.2) is 36.4 Å². The molecule has 1 N–H and O–H groups in total. The van der Waals surface area contributed by atoms with E-state index in [1.165, 1.54) is 12.1 Å². The lowest BCUT2D eigenvalue weighted by Gasteiger charge is -2.01. The van der Waals surface area contributed by atoms with Crippen LogP contribution in [0.3, 0.4) is 0 Å². The molecule has 0 fully saturated rings. The largest absolute Gasteiger partial charge is 0.475 e. The summed E-state index contributed by atoms with van der Waals surface area (Å²) in [6.45, 7) is 0. The van der Waals surface area contributed by atoms with Crippen molar-refractivity contribution in [3.63, 3.8) is 0 Å². The van der Waals surface area contributed by atoms with Gasteiger partial charge in [-0.25, -0.2) is 4.79 Å². The molecule has 0 atom stereocenters. The Labute approximate surface area is 96.3 Å². The number of Topliss-reactive ketones (excluding diaryl/α,β-unsaturated/α-hetero) is 1. The van der Waals surface area contributed by atoms with Gasteiger partial charge in [0, 0.05) is 10.6 Å². The van der Waals surface area contributed by atoms with E-state index in [0.29, 0.717) is 5.02 Å². The van der Waals surface area contributed by atoms with Crippen molar-refractivity contribution in [2.75, 3.05) is 0 Å². The molecule has 16 heavy (non-hydrogen) atoms. The Kier molecular flexibility index (Phi) is 2.62. The van der Waals surface area contributed by atoms with Crippen LogP contribution in [-0.4, -0.2) is 16.9 Å². The zero-order valence-corrected chi connectivity index (χ0v) is 8.86. The Bertz CT molecular complexity index is 590. The van der Waals surface area contributed by atoms with E-state index >= 15 is 0 Å². The summed E-state index contributed by atoms with van der Waals surface area (Å²) in [5.41, 5.74) is 0.155. The number of carbonyl (C=O) groups is 2. The van der Waals surface area contributed by atoms with Crippen molar-refractivity contribution in [2.45, 2.75) is 0 Å². The van der Waals surface area contributed by atoms with Gasteiger partial charge in [0.25, 0.3) is 5.78 Å². The fourth-order valence-corrected chi connectivity index (χ4v) is 1.66. The zero-order chi connectivity index (χ0) is 11.7. The van der Waals surface area contributed by atoms with Crippen molar-refractivity contribution in [1.29, 1.82) is 0 Å². The lowest BCUT2D eigenvalue weighted by atomic mass is 10.0. The minimum absolute atomic E-state index is 0.155. The second-order valence-corrected chi connectivity index (χ2v) is 3.78. The number of carboxylic acid groups (broad SMARTS) is 1. The summed E-state index contributed by atoms with van der Waals surface area (Å²) in [6.07, 6.45) is 0. The maximum Gasteiger partial charge on any atom is 0.377 e. The fourth-order valence-electron chi connectivity index (χ4n) is 1.48. The molecular formula is C12H7ClO3. The van der Waals surface area contributed by atoms with E-state index in [4.69, 9.17) is 16.7 Å². The summed E-state index contributed by atoms with van der Waals surface area (Å²) < 4.78 is 0. The topological polar surface area (TPSA) is 54.4 Å². The summed E-state index contributed by atoms with van der Waals surface area (Å²) in [4.78, 5) is 21.8. The highest BCUT2D eigenvalue weighted by Crippen LogP contribution is 2.20. The molecule has 0 aromatic heterocycles.